The topological polar surface area (TPSA) is 202 Å². The van der Waals surface area contributed by atoms with Gasteiger partial charge in [-0.15, -0.1) is 0 Å². The maximum atomic E-state index is 13.0. The van der Waals surface area contributed by atoms with E-state index in [1.165, 1.54) is 37.5 Å². The van der Waals surface area contributed by atoms with Crippen LogP contribution in [-0.2, 0) is 14.3 Å². The second kappa shape index (κ2) is 12.8. The highest BCUT2D eigenvalue weighted by atomic mass is 16.7. The van der Waals surface area contributed by atoms with E-state index in [2.05, 4.69) is 0 Å². The van der Waals surface area contributed by atoms with E-state index >= 15 is 0 Å². The summed E-state index contributed by atoms with van der Waals surface area (Å²) in [6.45, 7) is -0.748. The summed E-state index contributed by atoms with van der Waals surface area (Å²) in [5.74, 6) is -3.11. The van der Waals surface area contributed by atoms with Crippen molar-refractivity contribution in [1.29, 1.82) is 0 Å². The van der Waals surface area contributed by atoms with E-state index in [4.69, 9.17) is 23.7 Å². The second-order valence-electron chi connectivity index (χ2n) is 10.1. The van der Waals surface area contributed by atoms with Crippen molar-refractivity contribution in [2.75, 3.05) is 13.7 Å². The Morgan fingerprint density at radius 1 is 1.00 bits per heavy atom. The third kappa shape index (κ3) is 6.26. The number of aliphatic hydroxyl groups is 3. The molecule has 2 aliphatic rings. The van der Waals surface area contributed by atoms with E-state index in [0.29, 0.717) is 16.9 Å². The number of ketones is 1. The molecule has 0 unspecified atom stereocenters. The highest BCUT2D eigenvalue weighted by Crippen LogP contribution is 2.49. The maximum absolute atomic E-state index is 13.0. The van der Waals surface area contributed by atoms with Gasteiger partial charge in [0.05, 0.1) is 20.1 Å². The molecule has 0 bridgehead atoms. The van der Waals surface area contributed by atoms with Gasteiger partial charge in [-0.3, -0.25) is 4.79 Å². The number of methoxy groups -OCH3 is 1. The fraction of sp³-hybridized carbons (Fsp3) is 0.290. The minimum absolute atomic E-state index is 0.0297. The summed E-state index contributed by atoms with van der Waals surface area (Å²) in [5, 5.41) is 61.7. The smallest absolute Gasteiger partial charge is 0.331 e. The number of phenolic OH excluding ortho intramolecular Hbond substituents is 3. The summed E-state index contributed by atoms with van der Waals surface area (Å²) < 4.78 is 27.8. The zero-order valence-corrected chi connectivity index (χ0v) is 23.3. The van der Waals surface area contributed by atoms with Crippen LogP contribution in [0.4, 0.5) is 0 Å². The number of carbonyl (C=O) groups excluding carboxylic acids is 2. The Bertz CT molecular complexity index is 1530. The molecule has 2 aliphatic heterocycles. The van der Waals surface area contributed by atoms with Crippen LogP contribution in [0.15, 0.2) is 60.7 Å². The number of hydrogen-bond acceptors (Lipinski definition) is 13. The van der Waals surface area contributed by atoms with Gasteiger partial charge in [0, 0.05) is 12.1 Å². The van der Waals surface area contributed by atoms with Gasteiger partial charge in [-0.05, 0) is 41.5 Å². The first-order valence-corrected chi connectivity index (χ1v) is 13.5. The molecule has 0 saturated carbocycles. The highest BCUT2D eigenvalue weighted by Gasteiger charge is 2.48. The molecule has 44 heavy (non-hydrogen) atoms. The van der Waals surface area contributed by atoms with Gasteiger partial charge < -0.3 is 54.3 Å². The van der Waals surface area contributed by atoms with E-state index in [-0.39, 0.29) is 23.5 Å². The van der Waals surface area contributed by atoms with Gasteiger partial charge in [0.15, 0.2) is 23.4 Å². The highest BCUT2D eigenvalue weighted by molar-refractivity contribution is 6.03. The van der Waals surface area contributed by atoms with Gasteiger partial charge in [-0.25, -0.2) is 4.79 Å². The number of rotatable bonds is 8. The number of esters is 1. The lowest BCUT2D eigenvalue weighted by atomic mass is 9.95. The van der Waals surface area contributed by atoms with Crippen molar-refractivity contribution < 1.29 is 63.9 Å². The van der Waals surface area contributed by atoms with Crippen LogP contribution in [0.1, 0.15) is 34.0 Å². The van der Waals surface area contributed by atoms with E-state index in [0.717, 1.165) is 12.1 Å². The normalized spacial score (nSPS) is 24.8. The lowest BCUT2D eigenvalue weighted by Crippen LogP contribution is -2.61. The van der Waals surface area contributed by atoms with E-state index in [9.17, 15) is 40.2 Å². The molecule has 3 aromatic rings. The largest absolute Gasteiger partial charge is 0.508 e. The Kier molecular flexibility index (Phi) is 8.92. The minimum atomic E-state index is -1.80. The molecule has 6 atom stereocenters. The zero-order valence-electron chi connectivity index (χ0n) is 23.3. The average molecular weight is 611 g/mol. The van der Waals surface area contributed by atoms with Crippen molar-refractivity contribution in [1.82, 2.24) is 0 Å². The first-order chi connectivity index (χ1) is 21.1. The molecule has 3 aromatic carbocycles. The summed E-state index contributed by atoms with van der Waals surface area (Å²) >= 11 is 0. The quantitative estimate of drug-likeness (QED) is 0.123. The molecular formula is C31H30O13. The molecule has 6 N–H and O–H groups in total. The predicted molar refractivity (Wildman–Crippen MR) is 150 cm³/mol. The fourth-order valence-corrected chi connectivity index (χ4v) is 4.86. The van der Waals surface area contributed by atoms with Gasteiger partial charge in [0.25, 0.3) is 0 Å². The van der Waals surface area contributed by atoms with Crippen molar-refractivity contribution in [2.45, 2.75) is 43.2 Å². The number of carbonyl (C=O) groups is 2. The number of fused-ring (bicyclic) bond motifs is 1. The number of Topliss-reactive ketones (excluding diaryl/α,β-unsaturated/α-hetero) is 1. The number of aliphatic hydroxyl groups excluding tert-OH is 3. The minimum Gasteiger partial charge on any atom is -0.508 e. The van der Waals surface area contributed by atoms with Crippen molar-refractivity contribution >= 4 is 17.8 Å². The lowest BCUT2D eigenvalue weighted by Gasteiger charge is -2.41. The van der Waals surface area contributed by atoms with Crippen LogP contribution in [0.25, 0.3) is 6.08 Å². The number of benzene rings is 3. The monoisotopic (exact) mass is 610 g/mol. The van der Waals surface area contributed by atoms with Gasteiger partial charge in [0.2, 0.25) is 12.0 Å². The Hall–Kier alpha value is -4.82. The molecule has 13 heteroatoms. The third-order valence-electron chi connectivity index (χ3n) is 7.23. The maximum Gasteiger partial charge on any atom is 0.331 e. The Balaban J connectivity index is 1.41. The predicted octanol–water partition coefficient (Wildman–Crippen LogP) is 1.96. The van der Waals surface area contributed by atoms with Crippen LogP contribution in [0.2, 0.25) is 0 Å². The lowest BCUT2D eigenvalue weighted by molar-refractivity contribution is -0.281. The van der Waals surface area contributed by atoms with Crippen LogP contribution in [-0.4, -0.2) is 86.8 Å². The number of aromatic hydroxyl groups is 3. The number of hydrogen-bond donors (Lipinski definition) is 6. The average Bonchev–Trinajstić information content (AvgIpc) is 3.02. The summed E-state index contributed by atoms with van der Waals surface area (Å²) in [4.78, 5) is 25.6. The SMILES string of the molecule is COc1ccc([C@@H]2CC(=O)c3c(cc(O[C@@H]4O[C@@H](CO)[C@H](O)[C@H](O)[C@H]4OC(=O)/C=C/c4ccc(O)cc4)c(O)c3O)O2)cc1. The van der Waals surface area contributed by atoms with Gasteiger partial charge in [0.1, 0.15) is 47.2 Å². The standard InChI is InChI=1S/C31H30O13/c1-40-18-9-5-16(6-10-18)20-12-19(34)25-21(41-20)13-22(26(36)28(25)38)42-31-30(29(39)27(37)23(14-32)43-31)44-24(35)11-4-15-2-7-17(33)8-3-15/h2-11,13,20,23,27,29-33,36-39H,12,14H2,1H3/b11-4+/t20-,23-,27-,29-,30+,31+/m0/s1. The fourth-order valence-electron chi connectivity index (χ4n) is 4.86. The van der Waals surface area contributed by atoms with Crippen LogP contribution in [0.5, 0.6) is 34.5 Å². The van der Waals surface area contributed by atoms with Gasteiger partial charge in [-0.1, -0.05) is 24.3 Å². The van der Waals surface area contributed by atoms with E-state index < -0.39 is 72.4 Å². The zero-order chi connectivity index (χ0) is 31.5. The molecule has 1 saturated heterocycles. The van der Waals surface area contributed by atoms with Crippen molar-refractivity contribution in [3.63, 3.8) is 0 Å². The van der Waals surface area contributed by atoms with E-state index in [1.54, 1.807) is 24.3 Å². The summed E-state index contributed by atoms with van der Waals surface area (Å²) in [6, 6.07) is 13.9. The van der Waals surface area contributed by atoms with Crippen LogP contribution in [0, 0.1) is 0 Å². The molecule has 0 amide bonds. The Morgan fingerprint density at radius 3 is 2.36 bits per heavy atom. The molecular weight excluding hydrogens is 580 g/mol. The third-order valence-corrected chi connectivity index (χ3v) is 7.23. The molecule has 0 aromatic heterocycles. The first kappa shape index (κ1) is 30.6. The van der Waals surface area contributed by atoms with E-state index in [1.807, 2.05) is 0 Å². The van der Waals surface area contributed by atoms with Crippen LogP contribution < -0.4 is 14.2 Å². The van der Waals surface area contributed by atoms with Crippen LogP contribution >= 0.6 is 0 Å². The number of ether oxygens (including phenoxy) is 5. The summed E-state index contributed by atoms with van der Waals surface area (Å²) in [6.07, 6.45) is -6.72. The molecule has 2 heterocycles. The molecule has 13 nitrogen and oxygen atoms in total. The van der Waals surface area contributed by atoms with Gasteiger partial charge in [-0.2, -0.15) is 0 Å². The molecule has 0 aliphatic carbocycles. The second-order valence-corrected chi connectivity index (χ2v) is 10.1. The summed E-state index contributed by atoms with van der Waals surface area (Å²) in [5.41, 5.74) is 0.922. The van der Waals surface area contributed by atoms with Crippen molar-refractivity contribution in [2.24, 2.45) is 0 Å². The molecule has 0 radical (unpaired) electrons. The molecule has 0 spiro atoms. The van der Waals surface area contributed by atoms with Gasteiger partial charge >= 0.3 is 5.97 Å². The van der Waals surface area contributed by atoms with Crippen LogP contribution in [0.3, 0.4) is 0 Å². The molecule has 232 valence electrons. The number of phenols is 3. The molecule has 5 rings (SSSR count). The Labute approximate surface area is 250 Å². The Morgan fingerprint density at radius 2 is 1.70 bits per heavy atom. The first-order valence-electron chi connectivity index (χ1n) is 13.5. The van der Waals surface area contributed by atoms with Crippen molar-refractivity contribution in [3.05, 3.63) is 77.4 Å². The molecule has 1 fully saturated rings. The summed E-state index contributed by atoms with van der Waals surface area (Å²) in [7, 11) is 1.52. The van der Waals surface area contributed by atoms with Crippen molar-refractivity contribution in [3.8, 4) is 34.5 Å².